The Balaban J connectivity index is 0.771. The lowest BCUT2D eigenvalue weighted by Crippen LogP contribution is -2.54. The van der Waals surface area contributed by atoms with Crippen LogP contribution in [0, 0.1) is 5.82 Å². The highest BCUT2D eigenvalue weighted by Crippen LogP contribution is 2.42. The second-order valence-electron chi connectivity index (χ2n) is 17.0. The Hall–Kier alpha value is -7.26. The maximum absolute atomic E-state index is 16.9. The zero-order valence-corrected chi connectivity index (χ0v) is 39.8. The fraction of sp³-hybridized carbons (Fsp3) is 0.360. The Morgan fingerprint density at radius 1 is 0.873 bits per heavy atom. The van der Waals surface area contributed by atoms with E-state index in [0.29, 0.717) is 98.9 Å². The number of aromatic hydroxyl groups is 1. The summed E-state index contributed by atoms with van der Waals surface area (Å²) in [4.78, 5) is 91.2. The highest BCUT2D eigenvalue weighted by atomic mass is 35.5. The molecule has 4 aromatic carbocycles. The van der Waals surface area contributed by atoms with Crippen LogP contribution in [0.5, 0.6) is 5.75 Å². The zero-order valence-electron chi connectivity index (χ0n) is 39.0. The lowest BCUT2D eigenvalue weighted by atomic mass is 9.96. The summed E-state index contributed by atoms with van der Waals surface area (Å²) in [6, 6.07) is 15.8. The number of amides is 6. The lowest BCUT2D eigenvalue weighted by Gasteiger charge is -2.35. The van der Waals surface area contributed by atoms with E-state index in [2.05, 4.69) is 27.5 Å². The molecule has 1 aromatic heterocycles. The molecule has 0 aliphatic carbocycles. The Morgan fingerprint density at radius 2 is 1.61 bits per heavy atom. The van der Waals surface area contributed by atoms with Crippen LogP contribution in [0.2, 0.25) is 5.02 Å². The maximum atomic E-state index is 16.9. The van der Waals surface area contributed by atoms with Crippen molar-refractivity contribution in [2.75, 3.05) is 108 Å². The quantitative estimate of drug-likeness (QED) is 0.0448. The first-order valence-corrected chi connectivity index (χ1v) is 23.6. The Morgan fingerprint density at radius 3 is 2.35 bits per heavy atom. The molecular formula is C50H53ClFN9O10. The predicted molar refractivity (Wildman–Crippen MR) is 263 cm³/mol. The fourth-order valence-electron chi connectivity index (χ4n) is 8.78. The van der Waals surface area contributed by atoms with Gasteiger partial charge >= 0.3 is 0 Å². The van der Waals surface area contributed by atoms with Gasteiger partial charge < -0.3 is 44.7 Å². The van der Waals surface area contributed by atoms with E-state index in [9.17, 15) is 33.9 Å². The molecule has 6 amide bonds. The van der Waals surface area contributed by atoms with Crippen LogP contribution in [-0.4, -0.2) is 164 Å². The minimum absolute atomic E-state index is 0.00570. The second-order valence-corrected chi connectivity index (χ2v) is 17.4. The van der Waals surface area contributed by atoms with Gasteiger partial charge in [0.15, 0.2) is 5.82 Å². The molecule has 3 aliphatic rings. The number of nitrogens with zero attached hydrogens (tertiary/aromatic N) is 6. The average molecular weight is 994 g/mol. The Labute approximate surface area is 412 Å². The van der Waals surface area contributed by atoms with Crippen LogP contribution >= 0.6 is 11.6 Å². The number of fused-ring (bicyclic) bond motifs is 3. The molecule has 19 nitrogen and oxygen atoms in total. The monoisotopic (exact) mass is 993 g/mol. The minimum atomic E-state index is -1.05. The number of anilines is 3. The van der Waals surface area contributed by atoms with Gasteiger partial charge in [0.25, 0.3) is 11.8 Å². The number of benzene rings is 4. The molecule has 0 saturated carbocycles. The second kappa shape index (κ2) is 22.7. The van der Waals surface area contributed by atoms with Crippen LogP contribution in [0.1, 0.15) is 40.0 Å². The van der Waals surface area contributed by atoms with Gasteiger partial charge in [-0.15, -0.1) is 0 Å². The maximum Gasteiger partial charge on any atom is 0.264 e. The van der Waals surface area contributed by atoms with E-state index in [1.807, 2.05) is 29.2 Å². The third-order valence-electron chi connectivity index (χ3n) is 12.4. The van der Waals surface area contributed by atoms with E-state index in [0.717, 1.165) is 4.90 Å². The molecule has 0 bridgehead atoms. The van der Waals surface area contributed by atoms with Crippen molar-refractivity contribution in [2.45, 2.75) is 25.3 Å². The number of hydrogen-bond acceptors (Lipinski definition) is 15. The molecular weight excluding hydrogens is 941 g/mol. The Bertz CT molecular complexity index is 2900. The van der Waals surface area contributed by atoms with Gasteiger partial charge in [0, 0.05) is 82.3 Å². The van der Waals surface area contributed by atoms with Gasteiger partial charge in [-0.3, -0.25) is 39.0 Å². The molecule has 8 rings (SSSR count). The van der Waals surface area contributed by atoms with Crippen molar-refractivity contribution in [1.82, 2.24) is 30.0 Å². The number of phenols is 1. The molecule has 3 aliphatic heterocycles. The predicted octanol–water partition coefficient (Wildman–Crippen LogP) is 4.61. The molecule has 0 radical (unpaired) electrons. The summed E-state index contributed by atoms with van der Waals surface area (Å²) in [5.41, 5.74) is 1.26. The van der Waals surface area contributed by atoms with Crippen LogP contribution < -0.4 is 20.9 Å². The van der Waals surface area contributed by atoms with Gasteiger partial charge in [-0.2, -0.15) is 4.98 Å². The first-order valence-electron chi connectivity index (χ1n) is 23.2. The normalized spacial score (nSPS) is 15.9. The molecule has 4 heterocycles. The van der Waals surface area contributed by atoms with Crippen LogP contribution in [0.4, 0.5) is 21.8 Å². The Kier molecular flexibility index (Phi) is 16.0. The summed E-state index contributed by atoms with van der Waals surface area (Å²) in [5.74, 6) is -2.88. The SMILES string of the molecule is C=CC(=O)N1CCN(c2nc(NCCC(=O)N(C)CCOCCOCCOCCNc3cccc4c3C(=O)N(C3CCC(=O)NC3=O)C4=O)nc3c(F)c(-c4cc(O)cc5ccccc45)c(Cl)cc23)CC1. The molecule has 1 atom stereocenters. The van der Waals surface area contributed by atoms with Gasteiger partial charge in [-0.05, 0) is 59.2 Å². The number of ether oxygens (including phenoxy) is 3. The van der Waals surface area contributed by atoms with Crippen molar-refractivity contribution in [1.29, 1.82) is 0 Å². The zero-order chi connectivity index (χ0) is 50.2. The van der Waals surface area contributed by atoms with Crippen molar-refractivity contribution >= 4 is 86.2 Å². The first-order chi connectivity index (χ1) is 34.3. The molecule has 5 aromatic rings. The summed E-state index contributed by atoms with van der Waals surface area (Å²) in [7, 11) is 1.67. The van der Waals surface area contributed by atoms with Gasteiger partial charge in [0.05, 0.1) is 55.8 Å². The van der Waals surface area contributed by atoms with Crippen LogP contribution in [0.3, 0.4) is 0 Å². The molecule has 0 spiro atoms. The molecule has 1 unspecified atom stereocenters. The van der Waals surface area contributed by atoms with Gasteiger partial charge in [0.2, 0.25) is 29.6 Å². The standard InChI is InChI=1S/C50H53ClFN9O10/c1-3-40(64)59-16-18-60(19-17-59)46-35-29-36(51)42(34-28-31(62)27-30-7-4-5-8-32(30)34)44(52)45(35)56-50(57-46)54-14-13-41(65)58(2)20-22-70-24-26-71-25-23-69-21-15-53-37-10-6-9-33-43(37)49(68)61(48(33)67)38-11-12-39(63)55-47(38)66/h3-10,27-29,38,53,62H,1,11-26H2,2H3,(H,54,56,57)(H,55,63,66). The summed E-state index contributed by atoms with van der Waals surface area (Å²) >= 11 is 6.86. The van der Waals surface area contributed by atoms with E-state index in [4.69, 9.17) is 30.8 Å². The summed E-state index contributed by atoms with van der Waals surface area (Å²) in [6.07, 6.45) is 1.46. The molecule has 372 valence electrons. The number of carbonyl (C=O) groups excluding carboxylic acids is 6. The molecule has 4 N–H and O–H groups in total. The van der Waals surface area contributed by atoms with E-state index in [1.165, 1.54) is 18.2 Å². The average Bonchev–Trinajstić information content (AvgIpc) is 3.62. The van der Waals surface area contributed by atoms with Crippen molar-refractivity contribution in [3.8, 4) is 16.9 Å². The number of phenolic OH excluding ortho intramolecular Hbond substituents is 1. The number of halogens is 2. The highest BCUT2D eigenvalue weighted by Gasteiger charge is 2.45. The highest BCUT2D eigenvalue weighted by molar-refractivity contribution is 6.35. The number of rotatable bonds is 21. The number of aromatic nitrogens is 2. The van der Waals surface area contributed by atoms with Gasteiger partial charge in [-0.1, -0.05) is 48.5 Å². The lowest BCUT2D eigenvalue weighted by molar-refractivity contribution is -0.136. The van der Waals surface area contributed by atoms with E-state index >= 15 is 4.39 Å². The van der Waals surface area contributed by atoms with E-state index < -0.39 is 35.5 Å². The van der Waals surface area contributed by atoms with Crippen molar-refractivity contribution in [2.24, 2.45) is 0 Å². The molecule has 21 heteroatoms. The number of piperidine rings is 1. The van der Waals surface area contributed by atoms with Gasteiger partial charge in [0.1, 0.15) is 23.1 Å². The summed E-state index contributed by atoms with van der Waals surface area (Å²) in [5, 5.41) is 20.9. The fourth-order valence-corrected chi connectivity index (χ4v) is 9.07. The van der Waals surface area contributed by atoms with E-state index in [-0.39, 0.29) is 89.8 Å². The largest absolute Gasteiger partial charge is 0.508 e. The van der Waals surface area contributed by atoms with Gasteiger partial charge in [-0.25, -0.2) is 9.37 Å². The van der Waals surface area contributed by atoms with Crippen molar-refractivity contribution in [3.05, 3.63) is 95.3 Å². The van der Waals surface area contributed by atoms with E-state index in [1.54, 1.807) is 41.1 Å². The molecule has 2 saturated heterocycles. The third kappa shape index (κ3) is 11.2. The number of nitrogens with one attached hydrogen (secondary N) is 3. The summed E-state index contributed by atoms with van der Waals surface area (Å²) < 4.78 is 33.9. The number of carbonyl (C=O) groups is 6. The molecule has 71 heavy (non-hydrogen) atoms. The summed E-state index contributed by atoms with van der Waals surface area (Å²) in [6.45, 7) is 7.71. The van der Waals surface area contributed by atoms with Crippen molar-refractivity contribution in [3.63, 3.8) is 0 Å². The third-order valence-corrected chi connectivity index (χ3v) is 12.7. The number of likely N-dealkylation sites (N-methyl/N-ethyl adjacent to an activating group) is 1. The number of imide groups is 2. The first kappa shape index (κ1) is 50.1. The smallest absolute Gasteiger partial charge is 0.264 e. The van der Waals surface area contributed by atoms with Crippen LogP contribution in [0.25, 0.3) is 32.8 Å². The number of hydrogen-bond donors (Lipinski definition) is 4. The molecule has 2 fully saturated rings. The minimum Gasteiger partial charge on any atom is -0.508 e. The number of piperazine rings is 1. The van der Waals surface area contributed by atoms with Crippen LogP contribution in [-0.2, 0) is 33.4 Å². The van der Waals surface area contributed by atoms with Crippen molar-refractivity contribution < 1.29 is 52.5 Å². The topological polar surface area (TPSA) is 225 Å². The van der Waals surface area contributed by atoms with Crippen LogP contribution in [0.15, 0.2) is 73.3 Å².